The van der Waals surface area contributed by atoms with Gasteiger partial charge in [-0.2, -0.15) is 0 Å². The van der Waals surface area contributed by atoms with Crippen molar-refractivity contribution in [3.63, 3.8) is 0 Å². The van der Waals surface area contributed by atoms with Crippen LogP contribution in [-0.4, -0.2) is 54.7 Å². The Balaban J connectivity index is 1.60. The van der Waals surface area contributed by atoms with E-state index in [1.54, 1.807) is 69.3 Å². The summed E-state index contributed by atoms with van der Waals surface area (Å²) in [6, 6.07) is 13.3. The highest BCUT2D eigenvalue weighted by Gasteiger charge is 2.81. The van der Waals surface area contributed by atoms with E-state index in [2.05, 4.69) is 15.9 Å². The van der Waals surface area contributed by atoms with E-state index in [4.69, 9.17) is 14.2 Å². The van der Waals surface area contributed by atoms with Gasteiger partial charge in [0.1, 0.15) is 11.5 Å². The van der Waals surface area contributed by atoms with E-state index >= 15 is 0 Å². The largest absolute Gasteiger partial charge is 0.495 e. The van der Waals surface area contributed by atoms with Gasteiger partial charge in [-0.15, -0.1) is 0 Å². The number of carbonyl (C=O) groups excluding carboxylic acids is 5. The van der Waals surface area contributed by atoms with Gasteiger partial charge in [0.05, 0.1) is 60.2 Å². The Labute approximate surface area is 250 Å². The number of imide groups is 2. The van der Waals surface area contributed by atoms with Gasteiger partial charge in [0, 0.05) is 11.0 Å². The number of alkyl halides is 1. The molecule has 2 unspecified atom stereocenters. The molecule has 7 rings (SSSR count). The van der Waals surface area contributed by atoms with Crippen LogP contribution in [0.1, 0.15) is 20.8 Å². The van der Waals surface area contributed by atoms with Crippen molar-refractivity contribution in [3.8, 4) is 11.5 Å². The molecule has 2 bridgehead atoms. The Morgan fingerprint density at radius 1 is 0.786 bits per heavy atom. The number of ether oxygens (including phenoxy) is 3. The molecular formula is C31H29BrN2O8. The smallest absolute Gasteiger partial charge is 0.334 e. The minimum absolute atomic E-state index is 0.0591. The number of hydrogen-bond acceptors (Lipinski definition) is 8. The van der Waals surface area contributed by atoms with E-state index in [9.17, 15) is 24.0 Å². The van der Waals surface area contributed by atoms with Gasteiger partial charge in [0.15, 0.2) is 0 Å². The Morgan fingerprint density at radius 2 is 1.19 bits per heavy atom. The maximum absolute atomic E-state index is 14.4. The fourth-order valence-electron chi connectivity index (χ4n) is 7.83. The summed E-state index contributed by atoms with van der Waals surface area (Å²) >= 11 is 3.78. The Bertz CT molecular complexity index is 1520. The molecule has 2 heterocycles. The maximum atomic E-state index is 14.4. The molecule has 11 heteroatoms. The highest BCUT2D eigenvalue weighted by Crippen LogP contribution is 2.73. The topological polar surface area (TPSA) is 120 Å². The van der Waals surface area contributed by atoms with Crippen LogP contribution in [0.2, 0.25) is 0 Å². The van der Waals surface area contributed by atoms with Gasteiger partial charge < -0.3 is 14.2 Å². The third kappa shape index (κ3) is 3.22. The molecule has 3 fully saturated rings. The van der Waals surface area contributed by atoms with Crippen molar-refractivity contribution >= 4 is 56.9 Å². The lowest BCUT2D eigenvalue weighted by Crippen LogP contribution is -2.67. The van der Waals surface area contributed by atoms with Crippen LogP contribution in [0, 0.1) is 29.1 Å². The molecule has 42 heavy (non-hydrogen) atoms. The van der Waals surface area contributed by atoms with Crippen molar-refractivity contribution in [2.75, 3.05) is 30.6 Å². The number of para-hydroxylation sites is 4. The second-order valence-corrected chi connectivity index (χ2v) is 12.4. The van der Waals surface area contributed by atoms with Gasteiger partial charge in [-0.3, -0.25) is 19.2 Å². The van der Waals surface area contributed by atoms with E-state index in [1.165, 1.54) is 14.2 Å². The molecule has 2 aromatic carbocycles. The number of benzene rings is 2. The third-order valence-corrected chi connectivity index (χ3v) is 11.0. The predicted molar refractivity (Wildman–Crippen MR) is 154 cm³/mol. The van der Waals surface area contributed by atoms with Gasteiger partial charge >= 0.3 is 5.97 Å². The van der Waals surface area contributed by atoms with Gasteiger partial charge in [-0.25, -0.2) is 14.6 Å². The molecule has 1 saturated carbocycles. The minimum Gasteiger partial charge on any atom is -0.495 e. The second-order valence-electron chi connectivity index (χ2n) is 11.0. The molecule has 6 atom stereocenters. The Kier molecular flexibility index (Phi) is 6.38. The van der Waals surface area contributed by atoms with Crippen LogP contribution in [0.3, 0.4) is 0 Å². The first kappa shape index (κ1) is 28.1. The van der Waals surface area contributed by atoms with Crippen molar-refractivity contribution in [1.82, 2.24) is 0 Å². The normalized spacial score (nSPS) is 31.5. The molecule has 4 amide bonds. The number of rotatable bonds is 6. The number of allylic oxidation sites excluding steroid dienone is 1. The van der Waals surface area contributed by atoms with Crippen molar-refractivity contribution < 1.29 is 38.2 Å². The Morgan fingerprint density at radius 3 is 1.60 bits per heavy atom. The SMILES string of the molecule is CCOC(=O)C1=C(C)C2(Br)[C@@H]3C(=O)N(c4ccccc4OC)C(=O)[C@H]3C1(C)[C@@H]1C(=O)N(c3ccccc3OC)C(=O)[C@@H]12. The lowest BCUT2D eigenvalue weighted by molar-refractivity contribution is -0.152. The highest BCUT2D eigenvalue weighted by atomic mass is 79.9. The van der Waals surface area contributed by atoms with Crippen LogP contribution in [-0.2, 0) is 28.7 Å². The number of amides is 4. The van der Waals surface area contributed by atoms with E-state index in [0.29, 0.717) is 17.1 Å². The maximum Gasteiger partial charge on any atom is 0.334 e. The molecule has 0 N–H and O–H groups in total. The molecule has 5 aliphatic rings. The van der Waals surface area contributed by atoms with Crippen LogP contribution >= 0.6 is 15.9 Å². The van der Waals surface area contributed by atoms with Gasteiger partial charge in [-0.05, 0) is 43.7 Å². The lowest BCUT2D eigenvalue weighted by atomic mass is 9.43. The number of esters is 1. The predicted octanol–water partition coefficient (Wildman–Crippen LogP) is 3.66. The summed E-state index contributed by atoms with van der Waals surface area (Å²) in [7, 11) is 2.87. The zero-order valence-electron chi connectivity index (χ0n) is 23.7. The number of anilines is 2. The minimum atomic E-state index is -1.55. The van der Waals surface area contributed by atoms with Crippen molar-refractivity contribution in [2.24, 2.45) is 29.1 Å². The van der Waals surface area contributed by atoms with Crippen LogP contribution in [0.4, 0.5) is 11.4 Å². The molecule has 2 saturated heterocycles. The molecule has 2 aromatic rings. The number of carbonyl (C=O) groups is 5. The lowest BCUT2D eigenvalue weighted by Gasteiger charge is -2.59. The molecule has 0 radical (unpaired) electrons. The second kappa shape index (κ2) is 9.52. The van der Waals surface area contributed by atoms with E-state index < -0.39 is 63.0 Å². The Hall–Kier alpha value is -3.99. The molecule has 2 aliphatic heterocycles. The average Bonchev–Trinajstić information content (AvgIpc) is 3.41. The summed E-state index contributed by atoms with van der Waals surface area (Å²) in [4.78, 5) is 73.4. The number of halogens is 1. The number of nitrogens with zero attached hydrogens (tertiary/aromatic N) is 2. The van der Waals surface area contributed by atoms with Crippen LogP contribution < -0.4 is 19.3 Å². The first-order chi connectivity index (χ1) is 20.0. The molecule has 10 nitrogen and oxygen atoms in total. The highest BCUT2D eigenvalue weighted by molar-refractivity contribution is 9.10. The average molecular weight is 637 g/mol. The van der Waals surface area contributed by atoms with Gasteiger partial charge in [0.2, 0.25) is 23.6 Å². The fourth-order valence-corrected chi connectivity index (χ4v) is 8.95. The fraction of sp³-hybridized carbons (Fsp3) is 0.387. The van der Waals surface area contributed by atoms with Crippen molar-refractivity contribution in [1.29, 1.82) is 0 Å². The number of methoxy groups -OCH3 is 2. The van der Waals surface area contributed by atoms with Gasteiger partial charge in [0.25, 0.3) is 0 Å². The van der Waals surface area contributed by atoms with Gasteiger partial charge in [-0.1, -0.05) is 47.1 Å². The summed E-state index contributed by atoms with van der Waals surface area (Å²) in [5, 5.41) is 0. The zero-order chi connectivity index (χ0) is 30.3. The third-order valence-electron chi connectivity index (χ3n) is 9.43. The van der Waals surface area contributed by atoms with Crippen LogP contribution in [0.15, 0.2) is 59.7 Å². The summed E-state index contributed by atoms with van der Waals surface area (Å²) in [5.74, 6) is -6.79. The molecular weight excluding hydrogens is 608 g/mol. The van der Waals surface area contributed by atoms with E-state index in [-0.39, 0.29) is 23.6 Å². The van der Waals surface area contributed by atoms with E-state index in [0.717, 1.165) is 9.80 Å². The monoisotopic (exact) mass is 636 g/mol. The summed E-state index contributed by atoms with van der Waals surface area (Å²) < 4.78 is 14.9. The zero-order valence-corrected chi connectivity index (χ0v) is 25.3. The number of hydrogen-bond donors (Lipinski definition) is 0. The molecule has 3 aliphatic carbocycles. The van der Waals surface area contributed by atoms with E-state index in [1.807, 2.05) is 0 Å². The van der Waals surface area contributed by atoms with Crippen molar-refractivity contribution in [2.45, 2.75) is 25.1 Å². The summed E-state index contributed by atoms with van der Waals surface area (Å²) in [6.07, 6.45) is 0. The first-order valence-electron chi connectivity index (χ1n) is 13.6. The first-order valence-corrected chi connectivity index (χ1v) is 14.4. The quantitative estimate of drug-likeness (QED) is 0.268. The molecule has 0 spiro atoms. The summed E-state index contributed by atoms with van der Waals surface area (Å²) in [5.41, 5.74) is -0.518. The standard InChI is InChI=1S/C31H29BrN2O8/c1-6-42-29(39)20-15(2)31(32)23-21(25(35)33(27(23)37)16-11-7-9-13-18(16)40-4)30(20,3)22-24(31)28(38)34(26(22)36)17-12-8-10-14-19(17)41-5/h7-14,21-24H,6H2,1-5H3/t21-,22-,23-,24+,30?,31?/m0/s1. The summed E-state index contributed by atoms with van der Waals surface area (Å²) in [6.45, 7) is 5.02. The molecule has 0 aromatic heterocycles. The van der Waals surface area contributed by atoms with Crippen LogP contribution in [0.25, 0.3) is 0 Å². The van der Waals surface area contributed by atoms with Crippen LogP contribution in [0.5, 0.6) is 11.5 Å². The molecule has 218 valence electrons. The van der Waals surface area contributed by atoms with Crippen molar-refractivity contribution in [3.05, 3.63) is 59.7 Å².